The molecule has 0 aromatic rings. The number of ketones is 1. The van der Waals surface area contributed by atoms with Gasteiger partial charge in [0.25, 0.3) is 0 Å². The number of carbonyl (C=O) groups is 1. The SMILES string of the molecule is C#CC(=O)CCO[Si](C)(C)C(C)(C)C. The van der Waals surface area contributed by atoms with Gasteiger partial charge in [-0.2, -0.15) is 0 Å². The van der Waals surface area contributed by atoms with E-state index in [0.29, 0.717) is 13.0 Å². The van der Waals surface area contributed by atoms with Gasteiger partial charge in [0.05, 0.1) is 0 Å². The fourth-order valence-electron chi connectivity index (χ4n) is 0.688. The van der Waals surface area contributed by atoms with Crippen LogP contribution in [-0.2, 0) is 9.22 Å². The van der Waals surface area contributed by atoms with E-state index in [9.17, 15) is 4.79 Å². The molecule has 2 nitrogen and oxygen atoms in total. The minimum absolute atomic E-state index is 0.177. The van der Waals surface area contributed by atoms with Crippen LogP contribution in [0.5, 0.6) is 0 Å². The molecule has 0 unspecified atom stereocenters. The minimum atomic E-state index is -1.71. The number of rotatable bonds is 4. The Morgan fingerprint density at radius 3 is 2.29 bits per heavy atom. The Hall–Kier alpha value is -0.593. The smallest absolute Gasteiger partial charge is 0.207 e. The molecule has 0 aliphatic heterocycles. The molecule has 0 aliphatic rings. The molecule has 0 spiro atoms. The highest BCUT2D eigenvalue weighted by atomic mass is 28.4. The van der Waals surface area contributed by atoms with Crippen LogP contribution in [0.15, 0.2) is 0 Å². The number of hydrogen-bond donors (Lipinski definition) is 0. The van der Waals surface area contributed by atoms with Crippen LogP contribution in [0.4, 0.5) is 0 Å². The maximum absolute atomic E-state index is 10.8. The highest BCUT2D eigenvalue weighted by molar-refractivity contribution is 6.74. The van der Waals surface area contributed by atoms with Crippen molar-refractivity contribution >= 4 is 14.1 Å². The van der Waals surface area contributed by atoms with Crippen molar-refractivity contribution in [2.24, 2.45) is 0 Å². The minimum Gasteiger partial charge on any atom is -0.416 e. The van der Waals surface area contributed by atoms with Gasteiger partial charge in [-0.05, 0) is 24.1 Å². The van der Waals surface area contributed by atoms with Crippen LogP contribution in [0.3, 0.4) is 0 Å². The Morgan fingerprint density at radius 2 is 1.93 bits per heavy atom. The predicted octanol–water partition coefficient (Wildman–Crippen LogP) is 2.60. The highest BCUT2D eigenvalue weighted by Gasteiger charge is 2.36. The molecule has 3 heteroatoms. The monoisotopic (exact) mass is 212 g/mol. The molecule has 80 valence electrons. The molecule has 0 saturated carbocycles. The summed E-state index contributed by atoms with van der Waals surface area (Å²) in [7, 11) is -1.71. The van der Waals surface area contributed by atoms with Crippen LogP contribution in [0.25, 0.3) is 0 Å². The van der Waals surface area contributed by atoms with Crippen molar-refractivity contribution in [2.45, 2.75) is 45.3 Å². The maximum atomic E-state index is 10.8. The van der Waals surface area contributed by atoms with Crippen molar-refractivity contribution in [3.05, 3.63) is 0 Å². The van der Waals surface area contributed by atoms with Gasteiger partial charge in [0, 0.05) is 13.0 Å². The van der Waals surface area contributed by atoms with E-state index in [1.807, 2.05) is 0 Å². The molecule has 0 heterocycles. The van der Waals surface area contributed by atoms with E-state index in [1.165, 1.54) is 0 Å². The summed E-state index contributed by atoms with van der Waals surface area (Å²) in [6.45, 7) is 11.3. The first-order valence-electron chi connectivity index (χ1n) is 4.84. The van der Waals surface area contributed by atoms with Crippen molar-refractivity contribution in [1.82, 2.24) is 0 Å². The molecule has 0 atom stereocenters. The lowest BCUT2D eigenvalue weighted by molar-refractivity contribution is -0.114. The van der Waals surface area contributed by atoms with Crippen LogP contribution < -0.4 is 0 Å². The summed E-state index contributed by atoms with van der Waals surface area (Å²) >= 11 is 0. The summed E-state index contributed by atoms with van der Waals surface area (Å²) in [5.74, 6) is 1.91. The second kappa shape index (κ2) is 4.76. The van der Waals surface area contributed by atoms with Crippen molar-refractivity contribution in [3.63, 3.8) is 0 Å². The van der Waals surface area contributed by atoms with Crippen molar-refractivity contribution in [2.75, 3.05) is 6.61 Å². The third-order valence-corrected chi connectivity index (χ3v) is 7.30. The molecule has 0 aromatic heterocycles. The summed E-state index contributed by atoms with van der Waals surface area (Å²) in [5, 5.41) is 0.187. The Labute approximate surface area is 88.2 Å². The number of carbonyl (C=O) groups excluding carboxylic acids is 1. The molecule has 0 N–H and O–H groups in total. The zero-order valence-corrected chi connectivity index (χ0v) is 10.8. The van der Waals surface area contributed by atoms with Crippen molar-refractivity contribution in [3.8, 4) is 12.3 Å². The standard InChI is InChI=1S/C11H20O2Si/c1-7-10(12)8-9-13-14(5,6)11(2,3)4/h1H,8-9H2,2-6H3. The van der Waals surface area contributed by atoms with Gasteiger partial charge in [-0.1, -0.05) is 20.8 Å². The first-order chi connectivity index (χ1) is 6.20. The Bertz CT molecular complexity index is 243. The number of Topliss-reactive ketones (excluding diaryl/α,β-unsaturated/α-hetero) is 1. The van der Waals surface area contributed by atoms with Crippen LogP contribution in [0.2, 0.25) is 18.1 Å². The summed E-state index contributed by atoms with van der Waals surface area (Å²) in [6.07, 6.45) is 5.30. The zero-order chi connectivity index (χ0) is 11.4. The molecule has 0 aromatic carbocycles. The summed E-state index contributed by atoms with van der Waals surface area (Å²) in [6, 6.07) is 0. The third kappa shape index (κ3) is 4.08. The number of terminal acetylenes is 1. The highest BCUT2D eigenvalue weighted by Crippen LogP contribution is 2.36. The quantitative estimate of drug-likeness (QED) is 0.407. The Morgan fingerprint density at radius 1 is 1.43 bits per heavy atom. The van der Waals surface area contributed by atoms with E-state index < -0.39 is 8.32 Å². The number of hydrogen-bond acceptors (Lipinski definition) is 2. The zero-order valence-electron chi connectivity index (χ0n) is 9.81. The molecule has 0 bridgehead atoms. The molecule has 0 aliphatic carbocycles. The molecular formula is C11H20O2Si. The average molecular weight is 212 g/mol. The molecule has 0 rings (SSSR count). The Balaban J connectivity index is 4.03. The van der Waals surface area contributed by atoms with Gasteiger partial charge in [0.15, 0.2) is 8.32 Å². The summed E-state index contributed by atoms with van der Waals surface area (Å²) in [4.78, 5) is 10.8. The second-order valence-corrected chi connectivity index (χ2v) is 9.74. The van der Waals surface area contributed by atoms with Gasteiger partial charge in [0.2, 0.25) is 5.78 Å². The van der Waals surface area contributed by atoms with Gasteiger partial charge in [0.1, 0.15) is 0 Å². The summed E-state index contributed by atoms with van der Waals surface area (Å²) < 4.78 is 5.79. The molecule has 0 saturated heterocycles. The first kappa shape index (κ1) is 13.4. The van der Waals surface area contributed by atoms with Gasteiger partial charge in [-0.25, -0.2) is 0 Å². The predicted molar refractivity (Wildman–Crippen MR) is 61.6 cm³/mol. The van der Waals surface area contributed by atoms with Crippen molar-refractivity contribution in [1.29, 1.82) is 0 Å². The van der Waals surface area contributed by atoms with E-state index in [2.05, 4.69) is 39.8 Å². The first-order valence-corrected chi connectivity index (χ1v) is 7.75. The van der Waals surface area contributed by atoms with E-state index in [4.69, 9.17) is 10.8 Å². The lowest BCUT2D eigenvalue weighted by Crippen LogP contribution is -2.41. The fraction of sp³-hybridized carbons (Fsp3) is 0.727. The molecular weight excluding hydrogens is 192 g/mol. The molecule has 0 radical (unpaired) electrons. The fourth-order valence-corrected chi connectivity index (χ4v) is 1.73. The van der Waals surface area contributed by atoms with E-state index in [1.54, 1.807) is 0 Å². The normalized spacial score (nSPS) is 12.3. The lowest BCUT2D eigenvalue weighted by atomic mass is 10.2. The van der Waals surface area contributed by atoms with Gasteiger partial charge >= 0.3 is 0 Å². The van der Waals surface area contributed by atoms with Gasteiger partial charge in [-0.3, -0.25) is 4.79 Å². The van der Waals surface area contributed by atoms with Crippen LogP contribution in [0, 0.1) is 12.3 Å². The average Bonchev–Trinajstić information content (AvgIpc) is 2.01. The largest absolute Gasteiger partial charge is 0.416 e. The molecule has 14 heavy (non-hydrogen) atoms. The Kier molecular flexibility index (Phi) is 4.56. The van der Waals surface area contributed by atoms with Crippen LogP contribution in [-0.4, -0.2) is 20.7 Å². The third-order valence-electron chi connectivity index (χ3n) is 2.76. The topological polar surface area (TPSA) is 26.3 Å². The molecule has 0 fully saturated rings. The lowest BCUT2D eigenvalue weighted by Gasteiger charge is -2.36. The maximum Gasteiger partial charge on any atom is 0.207 e. The van der Waals surface area contributed by atoms with E-state index >= 15 is 0 Å². The second-order valence-electron chi connectivity index (χ2n) is 4.93. The van der Waals surface area contributed by atoms with Crippen LogP contribution in [0.1, 0.15) is 27.2 Å². The van der Waals surface area contributed by atoms with Crippen LogP contribution >= 0.6 is 0 Å². The van der Waals surface area contributed by atoms with E-state index in [-0.39, 0.29) is 10.8 Å². The molecule has 0 amide bonds. The van der Waals surface area contributed by atoms with E-state index in [0.717, 1.165) is 0 Å². The van der Waals surface area contributed by atoms with Gasteiger partial charge in [-0.15, -0.1) is 6.42 Å². The summed E-state index contributed by atoms with van der Waals surface area (Å²) in [5.41, 5.74) is 0. The van der Waals surface area contributed by atoms with Crippen molar-refractivity contribution < 1.29 is 9.22 Å². The van der Waals surface area contributed by atoms with Gasteiger partial charge < -0.3 is 4.43 Å².